The van der Waals surface area contributed by atoms with Gasteiger partial charge in [0.05, 0.1) is 50.7 Å². The van der Waals surface area contributed by atoms with Crippen LogP contribution in [0.4, 0.5) is 132 Å². The number of aromatic nitrogens is 2. The third kappa shape index (κ3) is 14.0. The van der Waals surface area contributed by atoms with Crippen LogP contribution in [0.15, 0.2) is 164 Å². The van der Waals surface area contributed by atoms with E-state index in [0.29, 0.717) is 0 Å². The molecule has 0 atom stereocenters. The highest BCUT2D eigenvalue weighted by Crippen LogP contribution is 2.40. The van der Waals surface area contributed by atoms with E-state index in [1.54, 1.807) is 6.33 Å². The van der Waals surface area contributed by atoms with Gasteiger partial charge in [0.2, 0.25) is 48.3 Å². The van der Waals surface area contributed by atoms with Crippen molar-refractivity contribution in [3.05, 3.63) is 350 Å². The summed E-state index contributed by atoms with van der Waals surface area (Å²) in [5.74, 6) is -72.9. The third-order valence-electron chi connectivity index (χ3n) is 18.5. The fourth-order valence-electron chi connectivity index (χ4n) is 13.1. The lowest BCUT2D eigenvalue weighted by atomic mass is 9.34. The molecule has 1 heterocycles. The number of benzene rings is 13. The number of nitrogens with one attached hydrogen (secondary N) is 1. The number of aryl methyl sites for hydroxylation is 2. The maximum Gasteiger partial charge on any atom is 0.243 e. The number of hydrogen-bond donors (Lipinski definition) is 1. The molecule has 0 aliphatic carbocycles. The molecule has 13 aromatic carbocycles. The minimum Gasteiger partial charge on any atom is -0.345 e. The molecule has 0 bridgehead atoms. The predicted molar refractivity (Wildman–Crippen MR) is 365 cm³/mol. The molecule has 14 aromatic rings. The van der Waals surface area contributed by atoms with Gasteiger partial charge >= 0.3 is 0 Å². The minimum atomic E-state index is -2.55. The smallest absolute Gasteiger partial charge is 0.243 e. The summed E-state index contributed by atoms with van der Waals surface area (Å²) >= 11 is 0. The number of imidazole rings is 1. The molecule has 0 spiro atoms. The Bertz CT molecular complexity index is 5240. The van der Waals surface area contributed by atoms with Crippen LogP contribution in [0.25, 0.3) is 77.8 Å². The van der Waals surface area contributed by atoms with Gasteiger partial charge in [-0.1, -0.05) is 178 Å². The van der Waals surface area contributed by atoms with Crippen LogP contribution in [-0.2, 0) is 0 Å². The summed E-state index contributed by atoms with van der Waals surface area (Å²) in [5, 5.41) is 0. The number of halogens is 30. The van der Waals surface area contributed by atoms with Crippen molar-refractivity contribution in [2.75, 3.05) is 0 Å². The summed E-state index contributed by atoms with van der Waals surface area (Å²) in [6, 6.07) is 27.7. The Morgan fingerprint density at radius 3 is 0.522 bits per heavy atom. The highest BCUT2D eigenvalue weighted by molar-refractivity contribution is 6.98. The Kier molecular flexibility index (Phi) is 22.8. The van der Waals surface area contributed by atoms with Crippen molar-refractivity contribution in [2.24, 2.45) is 0 Å². The SMILES string of the molecule is Cc1cc2nc[nH]c2cc1C.Fc1c(F)c(F)c(-c2ccccc2B(c2ccccc2-c2c(F)c(F)c(F)c(F)c2F)c2ccccc2-c2c(F)c(F)c(F)c(F)c2F)c(F)c1F.Fc1c(F)c(F)c(-c2ccccc2B(c2ccccc2-c2c(F)c(F)c(F)c(F)c2F)c2ccccc2-c2c(F)c(F)c(F)c(F)c2F)c(F)c1F. The van der Waals surface area contributed by atoms with E-state index in [4.69, 9.17) is 0 Å². The number of nitrogens with zero attached hydrogens (tertiary/aromatic N) is 1. The standard InChI is InChI=1S/2C36H12BF15.C9H10N2/c2*38-22-19(23(39)29(45)34(50)28(22)44)13-7-1-4-10-16(13)37(17-11-5-2-8-14(17)20-24(40)30(46)35(51)31(47)25(20)41)18-12-6-3-9-15(18)21-26(42)32(48)36(52)33(49)27(21)43;1-6-3-8-9(4-7(6)2)11-5-10-8/h2*1-12H;3-5H,1-2H3,(H,10,11). The van der Waals surface area contributed by atoms with Crippen LogP contribution in [0.3, 0.4) is 0 Å². The predicted octanol–water partition coefficient (Wildman–Crippen LogP) is 20.8. The molecule has 0 fully saturated rings. The van der Waals surface area contributed by atoms with Gasteiger partial charge in [-0.15, -0.1) is 0 Å². The molecule has 0 aliphatic rings. The lowest BCUT2D eigenvalue weighted by Crippen LogP contribution is -2.54. The molecule has 2 nitrogen and oxygen atoms in total. The van der Waals surface area contributed by atoms with E-state index in [1.807, 2.05) is 0 Å². The maximum absolute atomic E-state index is 15.3. The van der Waals surface area contributed by atoms with E-state index in [-0.39, 0.29) is 0 Å². The molecule has 0 saturated carbocycles. The van der Waals surface area contributed by atoms with Crippen molar-refractivity contribution >= 4 is 57.2 Å². The zero-order chi connectivity index (χ0) is 83.7. The number of H-pyrrole nitrogens is 1. The van der Waals surface area contributed by atoms with Crippen molar-refractivity contribution in [3.8, 4) is 66.8 Å². The molecular formula is C81H34B2F30N2. The molecule has 1 aromatic heterocycles. The van der Waals surface area contributed by atoms with Gasteiger partial charge < -0.3 is 4.98 Å². The average molecular weight is 1630 g/mol. The summed E-state index contributed by atoms with van der Waals surface area (Å²) < 4.78 is 442. The van der Waals surface area contributed by atoms with Crippen LogP contribution in [-0.4, -0.2) is 23.4 Å². The normalized spacial score (nSPS) is 11.3. The Balaban J connectivity index is 0.000000187. The quantitative estimate of drug-likeness (QED) is 0.0562. The van der Waals surface area contributed by atoms with Gasteiger partial charge in [-0.25, -0.2) is 137 Å². The number of fused-ring (bicyclic) bond motifs is 1. The molecule has 14 rings (SSSR count). The fraction of sp³-hybridized carbons (Fsp3) is 0.0247. The van der Waals surface area contributed by atoms with E-state index in [0.717, 1.165) is 157 Å². The highest BCUT2D eigenvalue weighted by Gasteiger charge is 2.41. The maximum atomic E-state index is 15.3. The Morgan fingerprint density at radius 1 is 0.200 bits per heavy atom. The third-order valence-corrected chi connectivity index (χ3v) is 18.5. The number of hydrogen-bond acceptors (Lipinski definition) is 1. The largest absolute Gasteiger partial charge is 0.345 e. The second-order valence-electron chi connectivity index (χ2n) is 24.9. The van der Waals surface area contributed by atoms with Crippen molar-refractivity contribution < 1.29 is 132 Å². The van der Waals surface area contributed by atoms with E-state index >= 15 is 52.7 Å². The van der Waals surface area contributed by atoms with Crippen molar-refractivity contribution in [2.45, 2.75) is 13.8 Å². The Morgan fingerprint density at radius 2 is 0.348 bits per heavy atom. The summed E-state index contributed by atoms with van der Waals surface area (Å²) in [6.45, 7) is 0.131. The molecule has 34 heteroatoms. The lowest BCUT2D eigenvalue weighted by Gasteiger charge is -2.25. The molecule has 0 saturated heterocycles. The van der Waals surface area contributed by atoms with Gasteiger partial charge in [0.1, 0.15) is 0 Å². The van der Waals surface area contributed by atoms with E-state index in [1.165, 1.54) is 11.1 Å². The molecule has 0 unspecified atom stereocenters. The molecule has 0 amide bonds. The monoisotopic (exact) mass is 1630 g/mol. The van der Waals surface area contributed by atoms with Gasteiger partial charge in [-0.3, -0.25) is 0 Å². The van der Waals surface area contributed by atoms with Crippen LogP contribution < -0.4 is 32.8 Å². The zero-order valence-corrected chi connectivity index (χ0v) is 57.0. The van der Waals surface area contributed by atoms with Crippen molar-refractivity contribution in [1.82, 2.24) is 9.97 Å². The number of aromatic amines is 1. The first-order valence-corrected chi connectivity index (χ1v) is 32.5. The first-order chi connectivity index (χ1) is 54.5. The van der Waals surface area contributed by atoms with Crippen molar-refractivity contribution in [3.63, 3.8) is 0 Å². The topological polar surface area (TPSA) is 28.7 Å². The zero-order valence-electron chi connectivity index (χ0n) is 57.0. The van der Waals surface area contributed by atoms with E-state index in [9.17, 15) is 79.0 Å². The second-order valence-corrected chi connectivity index (χ2v) is 24.9. The van der Waals surface area contributed by atoms with E-state index in [2.05, 4.69) is 35.9 Å². The minimum absolute atomic E-state index is 0.599. The highest BCUT2D eigenvalue weighted by atomic mass is 19.2. The van der Waals surface area contributed by atoms with Crippen molar-refractivity contribution in [1.29, 1.82) is 0 Å². The first-order valence-electron chi connectivity index (χ1n) is 32.5. The average Bonchev–Trinajstić information content (AvgIpc) is 0.884. The molecule has 0 radical (unpaired) electrons. The molecule has 1 N–H and O–H groups in total. The summed E-state index contributed by atoms with van der Waals surface area (Å²) in [6.07, 6.45) is 1.73. The Labute approximate surface area is 627 Å². The lowest BCUT2D eigenvalue weighted by molar-refractivity contribution is 0.381. The molecule has 115 heavy (non-hydrogen) atoms. The first kappa shape index (κ1) is 81.8. The van der Waals surface area contributed by atoms with Crippen LogP contribution in [0, 0.1) is 188 Å². The number of rotatable bonds is 12. The summed E-state index contributed by atoms with van der Waals surface area (Å²) in [5.41, 5.74) is -13.5. The van der Waals surface area contributed by atoms with Gasteiger partial charge in [0.25, 0.3) is 0 Å². The second kappa shape index (κ2) is 32.1. The molecule has 584 valence electrons. The van der Waals surface area contributed by atoms with E-state index < -0.39 is 287 Å². The van der Waals surface area contributed by atoms with Crippen LogP contribution in [0.1, 0.15) is 11.1 Å². The van der Waals surface area contributed by atoms with Gasteiger partial charge in [-0.2, -0.15) is 0 Å². The molecular weight excluding hydrogens is 1590 g/mol. The fourth-order valence-corrected chi connectivity index (χ4v) is 13.1. The molecule has 0 aliphatic heterocycles. The Hall–Kier alpha value is -12.6. The van der Waals surface area contributed by atoms with Gasteiger partial charge in [0.15, 0.2) is 140 Å². The van der Waals surface area contributed by atoms with Crippen LogP contribution >= 0.6 is 0 Å². The van der Waals surface area contributed by atoms with Gasteiger partial charge in [0, 0.05) is 0 Å². The van der Waals surface area contributed by atoms with Crippen LogP contribution in [0.5, 0.6) is 0 Å². The summed E-state index contributed by atoms with van der Waals surface area (Å²) in [4.78, 5) is 7.24. The summed E-state index contributed by atoms with van der Waals surface area (Å²) in [7, 11) is 0. The van der Waals surface area contributed by atoms with Crippen LogP contribution in [0.2, 0.25) is 0 Å². The van der Waals surface area contributed by atoms with Gasteiger partial charge in [-0.05, 0) is 70.5 Å².